The maximum absolute atomic E-state index is 9.00. The van der Waals surface area contributed by atoms with Crippen LogP contribution in [0.4, 0.5) is 0 Å². The molecule has 2 aromatic rings. The van der Waals surface area contributed by atoms with Crippen molar-refractivity contribution < 1.29 is 9.84 Å². The minimum atomic E-state index is 0.0346. The van der Waals surface area contributed by atoms with E-state index in [2.05, 4.69) is 20.9 Å². The van der Waals surface area contributed by atoms with E-state index in [0.29, 0.717) is 6.61 Å². The van der Waals surface area contributed by atoms with Crippen LogP contribution < -0.4 is 4.74 Å². The molecule has 0 fully saturated rings. The third-order valence-corrected chi connectivity index (χ3v) is 3.72. The number of rotatable bonds is 4. The fraction of sp³-hybridized carbons (Fsp3) is 0.250. The van der Waals surface area contributed by atoms with Crippen molar-refractivity contribution in [3.63, 3.8) is 0 Å². The Labute approximate surface area is 112 Å². The van der Waals surface area contributed by atoms with Crippen LogP contribution in [0, 0.1) is 6.92 Å². The standard InChI is InChI=1S/C12H12BrNO2S/c1-8-14-5-10(17-8)7-16-12-3-2-9(6-15)4-11(12)13/h2-5,15H,6-7H2,1H3. The second-order valence-corrected chi connectivity index (χ2v) is 5.73. The fourth-order valence-corrected chi connectivity index (χ4v) is 2.63. The number of aromatic nitrogens is 1. The van der Waals surface area contributed by atoms with Gasteiger partial charge in [0.05, 0.1) is 21.0 Å². The smallest absolute Gasteiger partial charge is 0.134 e. The van der Waals surface area contributed by atoms with E-state index < -0.39 is 0 Å². The molecule has 1 N–H and O–H groups in total. The predicted molar refractivity (Wildman–Crippen MR) is 71.2 cm³/mol. The highest BCUT2D eigenvalue weighted by Gasteiger charge is 2.04. The first kappa shape index (κ1) is 12.5. The SMILES string of the molecule is Cc1ncc(COc2ccc(CO)cc2Br)s1. The monoisotopic (exact) mass is 313 g/mol. The maximum Gasteiger partial charge on any atom is 0.134 e. The number of aliphatic hydroxyl groups excluding tert-OH is 1. The number of aryl methyl sites for hydroxylation is 1. The molecule has 0 bridgehead atoms. The topological polar surface area (TPSA) is 42.4 Å². The molecule has 17 heavy (non-hydrogen) atoms. The van der Waals surface area contributed by atoms with Crippen LogP contribution in [0.5, 0.6) is 5.75 Å². The molecule has 0 amide bonds. The van der Waals surface area contributed by atoms with Gasteiger partial charge < -0.3 is 9.84 Å². The predicted octanol–water partition coefficient (Wildman–Crippen LogP) is 3.29. The summed E-state index contributed by atoms with van der Waals surface area (Å²) in [5.74, 6) is 0.772. The van der Waals surface area contributed by atoms with Crippen molar-refractivity contribution in [2.45, 2.75) is 20.1 Å². The Balaban J connectivity index is 2.04. The largest absolute Gasteiger partial charge is 0.487 e. The second-order valence-electron chi connectivity index (χ2n) is 3.56. The molecule has 1 aromatic heterocycles. The van der Waals surface area contributed by atoms with E-state index in [1.54, 1.807) is 11.3 Å². The Kier molecular flexibility index (Phi) is 4.15. The summed E-state index contributed by atoms with van der Waals surface area (Å²) in [6, 6.07) is 5.55. The van der Waals surface area contributed by atoms with Gasteiger partial charge in [-0.1, -0.05) is 6.07 Å². The molecule has 0 aliphatic heterocycles. The maximum atomic E-state index is 9.00. The van der Waals surface area contributed by atoms with Gasteiger partial charge in [-0.05, 0) is 40.5 Å². The summed E-state index contributed by atoms with van der Waals surface area (Å²) in [4.78, 5) is 5.27. The average Bonchev–Trinajstić information content (AvgIpc) is 2.73. The molecule has 0 aliphatic rings. The van der Waals surface area contributed by atoms with Crippen molar-refractivity contribution in [2.75, 3.05) is 0 Å². The van der Waals surface area contributed by atoms with Crippen molar-refractivity contribution in [1.29, 1.82) is 0 Å². The van der Waals surface area contributed by atoms with Gasteiger partial charge in [-0.25, -0.2) is 4.98 Å². The number of thiazole rings is 1. The van der Waals surface area contributed by atoms with Crippen LogP contribution >= 0.6 is 27.3 Å². The van der Waals surface area contributed by atoms with Gasteiger partial charge in [-0.3, -0.25) is 0 Å². The van der Waals surface area contributed by atoms with Crippen molar-refractivity contribution in [2.24, 2.45) is 0 Å². The number of halogens is 1. The molecule has 0 saturated heterocycles. The molecule has 0 atom stereocenters. The number of nitrogens with zero attached hydrogens (tertiary/aromatic N) is 1. The van der Waals surface area contributed by atoms with Gasteiger partial charge in [0.1, 0.15) is 12.4 Å². The van der Waals surface area contributed by atoms with Gasteiger partial charge >= 0.3 is 0 Å². The van der Waals surface area contributed by atoms with E-state index in [-0.39, 0.29) is 6.61 Å². The lowest BCUT2D eigenvalue weighted by Crippen LogP contribution is -1.94. The minimum absolute atomic E-state index is 0.0346. The molecule has 1 heterocycles. The number of ether oxygens (including phenoxy) is 1. The summed E-state index contributed by atoms with van der Waals surface area (Å²) < 4.78 is 6.53. The average molecular weight is 314 g/mol. The third kappa shape index (κ3) is 3.28. The van der Waals surface area contributed by atoms with E-state index in [4.69, 9.17) is 9.84 Å². The highest BCUT2D eigenvalue weighted by Crippen LogP contribution is 2.27. The Morgan fingerprint density at radius 2 is 2.29 bits per heavy atom. The van der Waals surface area contributed by atoms with Crippen LogP contribution in [0.3, 0.4) is 0 Å². The van der Waals surface area contributed by atoms with E-state index in [1.807, 2.05) is 31.3 Å². The summed E-state index contributed by atoms with van der Waals surface area (Å²) in [5, 5.41) is 10.0. The highest BCUT2D eigenvalue weighted by atomic mass is 79.9. The molecule has 1 aromatic carbocycles. The lowest BCUT2D eigenvalue weighted by molar-refractivity contribution is 0.280. The molecule has 0 radical (unpaired) electrons. The number of hydrogen-bond acceptors (Lipinski definition) is 4. The zero-order valence-corrected chi connectivity index (χ0v) is 11.7. The zero-order valence-electron chi connectivity index (χ0n) is 9.31. The van der Waals surface area contributed by atoms with Crippen LogP contribution in [0.2, 0.25) is 0 Å². The molecule has 0 saturated carbocycles. The first-order valence-corrected chi connectivity index (χ1v) is 6.73. The Morgan fingerprint density at radius 1 is 1.47 bits per heavy atom. The van der Waals surface area contributed by atoms with Gasteiger partial charge in [0.25, 0.3) is 0 Å². The normalized spacial score (nSPS) is 10.5. The molecule has 0 unspecified atom stereocenters. The van der Waals surface area contributed by atoms with Gasteiger partial charge in [-0.2, -0.15) is 0 Å². The van der Waals surface area contributed by atoms with Crippen LogP contribution in [-0.4, -0.2) is 10.1 Å². The number of hydrogen-bond donors (Lipinski definition) is 1. The van der Waals surface area contributed by atoms with Gasteiger partial charge in [0.15, 0.2) is 0 Å². The first-order chi connectivity index (χ1) is 8.19. The van der Waals surface area contributed by atoms with Gasteiger partial charge in [0.2, 0.25) is 0 Å². The van der Waals surface area contributed by atoms with Gasteiger partial charge in [0, 0.05) is 6.20 Å². The molecule has 3 nitrogen and oxygen atoms in total. The van der Waals surface area contributed by atoms with E-state index in [9.17, 15) is 0 Å². The van der Waals surface area contributed by atoms with E-state index in [0.717, 1.165) is 25.7 Å². The van der Waals surface area contributed by atoms with Crippen LogP contribution in [0.25, 0.3) is 0 Å². The molecule has 90 valence electrons. The zero-order chi connectivity index (χ0) is 12.3. The summed E-state index contributed by atoms with van der Waals surface area (Å²) in [5.41, 5.74) is 0.859. The van der Waals surface area contributed by atoms with Crippen molar-refractivity contribution in [3.8, 4) is 5.75 Å². The Hall–Kier alpha value is -0.910. The van der Waals surface area contributed by atoms with E-state index >= 15 is 0 Å². The Bertz CT molecular complexity index is 513. The summed E-state index contributed by atoms with van der Waals surface area (Å²) >= 11 is 5.05. The highest BCUT2D eigenvalue weighted by molar-refractivity contribution is 9.10. The third-order valence-electron chi connectivity index (χ3n) is 2.22. The first-order valence-electron chi connectivity index (χ1n) is 5.12. The van der Waals surface area contributed by atoms with E-state index in [1.165, 1.54) is 0 Å². The van der Waals surface area contributed by atoms with Crippen molar-refractivity contribution >= 4 is 27.3 Å². The van der Waals surface area contributed by atoms with Crippen LogP contribution in [0.1, 0.15) is 15.4 Å². The van der Waals surface area contributed by atoms with Crippen LogP contribution in [0.15, 0.2) is 28.9 Å². The molecule has 5 heteroatoms. The Morgan fingerprint density at radius 3 is 2.88 bits per heavy atom. The summed E-state index contributed by atoms with van der Waals surface area (Å²) in [6.07, 6.45) is 1.83. The lowest BCUT2D eigenvalue weighted by atomic mass is 10.2. The second kappa shape index (κ2) is 5.62. The molecular weight excluding hydrogens is 302 g/mol. The molecule has 0 aliphatic carbocycles. The lowest BCUT2D eigenvalue weighted by Gasteiger charge is -2.07. The summed E-state index contributed by atoms with van der Waals surface area (Å²) in [7, 11) is 0. The molecule has 0 spiro atoms. The quantitative estimate of drug-likeness (QED) is 0.942. The van der Waals surface area contributed by atoms with Gasteiger partial charge in [-0.15, -0.1) is 11.3 Å². The summed E-state index contributed by atoms with van der Waals surface area (Å²) in [6.45, 7) is 2.52. The number of aliphatic hydroxyl groups is 1. The molecular formula is C12H12BrNO2S. The fourth-order valence-electron chi connectivity index (χ4n) is 1.38. The van der Waals surface area contributed by atoms with Crippen molar-refractivity contribution in [3.05, 3.63) is 44.3 Å². The van der Waals surface area contributed by atoms with Crippen LogP contribution in [-0.2, 0) is 13.2 Å². The number of benzene rings is 1. The minimum Gasteiger partial charge on any atom is -0.487 e. The molecule has 2 rings (SSSR count). The van der Waals surface area contributed by atoms with Crippen molar-refractivity contribution in [1.82, 2.24) is 4.98 Å².